The quantitative estimate of drug-likeness (QED) is 0.814. The number of ether oxygens (including phenoxy) is 1. The Morgan fingerprint density at radius 3 is 2.29 bits per heavy atom. The number of aromatic hydroxyl groups is 1. The molecule has 28 heavy (non-hydrogen) atoms. The minimum Gasteiger partial charge on any atom is -0.506 e. The van der Waals surface area contributed by atoms with Gasteiger partial charge in [-0.15, -0.1) is 0 Å². The Bertz CT molecular complexity index is 881. The molecule has 2 heterocycles. The standard InChI is InChI=1S/C21H26N2O5/c1-13-14(2)27-15(3)19(13)21(26)28-16(4)20(25)23-11-9-22(10-12-23)17-7-5-6-8-18(17)24/h5-8,16,24H,9-12H2,1-4H3/t16-/m1/s1. The van der Waals surface area contributed by atoms with Gasteiger partial charge in [0.15, 0.2) is 6.10 Å². The van der Waals surface area contributed by atoms with Crippen molar-refractivity contribution < 1.29 is 23.8 Å². The molecule has 0 spiro atoms. The van der Waals surface area contributed by atoms with E-state index in [1.807, 2.05) is 17.0 Å². The van der Waals surface area contributed by atoms with Crippen LogP contribution in [0.3, 0.4) is 0 Å². The van der Waals surface area contributed by atoms with Gasteiger partial charge in [-0.1, -0.05) is 12.1 Å². The number of phenols is 1. The smallest absolute Gasteiger partial charge is 0.342 e. The third-order valence-corrected chi connectivity index (χ3v) is 5.21. The van der Waals surface area contributed by atoms with Crippen LogP contribution in [-0.4, -0.2) is 54.2 Å². The number of hydrogen-bond acceptors (Lipinski definition) is 6. The Balaban J connectivity index is 1.59. The van der Waals surface area contributed by atoms with E-state index in [2.05, 4.69) is 0 Å². The van der Waals surface area contributed by atoms with Crippen molar-refractivity contribution >= 4 is 17.6 Å². The number of nitrogens with zero attached hydrogens (tertiary/aromatic N) is 2. The summed E-state index contributed by atoms with van der Waals surface area (Å²) in [4.78, 5) is 28.9. The van der Waals surface area contributed by atoms with E-state index in [0.29, 0.717) is 43.3 Å². The molecule has 0 bridgehead atoms. The van der Waals surface area contributed by atoms with E-state index in [4.69, 9.17) is 9.15 Å². The van der Waals surface area contributed by atoms with E-state index in [-0.39, 0.29) is 11.7 Å². The SMILES string of the molecule is Cc1oc(C)c(C(=O)O[C@H](C)C(=O)N2CCN(c3ccccc3O)CC2)c1C. The van der Waals surface area contributed by atoms with Crippen molar-refractivity contribution in [1.82, 2.24) is 4.90 Å². The molecule has 1 amide bonds. The second-order valence-electron chi connectivity index (χ2n) is 7.06. The summed E-state index contributed by atoms with van der Waals surface area (Å²) in [7, 11) is 0. The maximum Gasteiger partial charge on any atom is 0.342 e. The van der Waals surface area contributed by atoms with Crippen molar-refractivity contribution in [2.24, 2.45) is 0 Å². The first kappa shape index (κ1) is 19.8. The lowest BCUT2D eigenvalue weighted by Crippen LogP contribution is -2.51. The highest BCUT2D eigenvalue weighted by Crippen LogP contribution is 2.27. The van der Waals surface area contributed by atoms with Crippen molar-refractivity contribution in [2.45, 2.75) is 33.8 Å². The van der Waals surface area contributed by atoms with Gasteiger partial charge < -0.3 is 24.1 Å². The molecule has 1 aromatic heterocycles. The molecule has 7 heteroatoms. The molecule has 2 aromatic rings. The van der Waals surface area contributed by atoms with Gasteiger partial charge in [-0.3, -0.25) is 4.79 Å². The van der Waals surface area contributed by atoms with Crippen molar-refractivity contribution in [2.75, 3.05) is 31.1 Å². The molecule has 1 saturated heterocycles. The number of furan rings is 1. The molecule has 1 aromatic carbocycles. The van der Waals surface area contributed by atoms with Crippen LogP contribution in [0, 0.1) is 20.8 Å². The third-order valence-electron chi connectivity index (χ3n) is 5.21. The fourth-order valence-electron chi connectivity index (χ4n) is 3.52. The zero-order chi connectivity index (χ0) is 20.4. The highest BCUT2D eigenvalue weighted by Gasteiger charge is 2.29. The number of para-hydroxylation sites is 2. The molecular formula is C21H26N2O5. The van der Waals surface area contributed by atoms with Crippen LogP contribution in [0.1, 0.15) is 34.4 Å². The Morgan fingerprint density at radius 1 is 1.07 bits per heavy atom. The fourth-order valence-corrected chi connectivity index (χ4v) is 3.52. The highest BCUT2D eigenvalue weighted by atomic mass is 16.5. The van der Waals surface area contributed by atoms with Crippen LogP contribution in [0.25, 0.3) is 0 Å². The van der Waals surface area contributed by atoms with E-state index >= 15 is 0 Å². The first-order chi connectivity index (χ1) is 13.3. The zero-order valence-electron chi connectivity index (χ0n) is 16.7. The molecule has 3 rings (SSSR count). The predicted octanol–water partition coefficient (Wildman–Crippen LogP) is 2.80. The summed E-state index contributed by atoms with van der Waals surface area (Å²) in [5, 5.41) is 9.99. The number of esters is 1. The second-order valence-corrected chi connectivity index (χ2v) is 7.06. The van der Waals surface area contributed by atoms with Crippen molar-refractivity contribution in [1.29, 1.82) is 0 Å². The number of amides is 1. The fraction of sp³-hybridized carbons (Fsp3) is 0.429. The minimum atomic E-state index is -0.877. The molecule has 0 unspecified atom stereocenters. The molecule has 1 fully saturated rings. The Labute approximate surface area is 164 Å². The summed E-state index contributed by atoms with van der Waals surface area (Å²) >= 11 is 0. The third kappa shape index (κ3) is 3.83. The lowest BCUT2D eigenvalue weighted by molar-refractivity contribution is -0.140. The average molecular weight is 386 g/mol. The first-order valence-corrected chi connectivity index (χ1v) is 9.39. The van der Waals surface area contributed by atoms with Crippen molar-refractivity contribution in [3.05, 3.63) is 46.9 Å². The number of rotatable bonds is 4. The number of hydrogen-bond donors (Lipinski definition) is 1. The molecular weight excluding hydrogens is 360 g/mol. The van der Waals surface area contributed by atoms with Crippen LogP contribution in [-0.2, 0) is 9.53 Å². The number of piperazine rings is 1. The molecule has 1 aliphatic heterocycles. The van der Waals surface area contributed by atoms with E-state index in [1.165, 1.54) is 0 Å². The van der Waals surface area contributed by atoms with Gasteiger partial charge in [-0.2, -0.15) is 0 Å². The van der Waals surface area contributed by atoms with Crippen LogP contribution in [0.2, 0.25) is 0 Å². The van der Waals surface area contributed by atoms with E-state index < -0.39 is 12.1 Å². The molecule has 0 radical (unpaired) electrons. The monoisotopic (exact) mass is 386 g/mol. The van der Waals surface area contributed by atoms with Gasteiger partial charge in [0, 0.05) is 31.7 Å². The summed E-state index contributed by atoms with van der Waals surface area (Å²) in [5.41, 5.74) is 1.88. The summed E-state index contributed by atoms with van der Waals surface area (Å²) in [6.45, 7) is 9.08. The second kappa shape index (κ2) is 7.96. The number of phenolic OH excluding ortho intramolecular Hbond substituents is 1. The van der Waals surface area contributed by atoms with Crippen LogP contribution >= 0.6 is 0 Å². The Kier molecular flexibility index (Phi) is 5.63. The first-order valence-electron chi connectivity index (χ1n) is 9.39. The molecule has 1 N–H and O–H groups in total. The van der Waals surface area contributed by atoms with Crippen molar-refractivity contribution in [3.8, 4) is 5.75 Å². The summed E-state index contributed by atoms with van der Waals surface area (Å²) in [5.74, 6) is 0.631. The van der Waals surface area contributed by atoms with Crippen LogP contribution in [0.4, 0.5) is 5.69 Å². The molecule has 7 nitrogen and oxygen atoms in total. The largest absolute Gasteiger partial charge is 0.506 e. The minimum absolute atomic E-state index is 0.221. The van der Waals surface area contributed by atoms with Crippen LogP contribution in [0.15, 0.2) is 28.7 Å². The maximum absolute atomic E-state index is 12.7. The van der Waals surface area contributed by atoms with E-state index in [0.717, 1.165) is 11.3 Å². The normalized spacial score (nSPS) is 15.4. The van der Waals surface area contributed by atoms with Gasteiger partial charge in [0.25, 0.3) is 5.91 Å². The molecule has 150 valence electrons. The van der Waals surface area contributed by atoms with Gasteiger partial charge >= 0.3 is 5.97 Å². The lowest BCUT2D eigenvalue weighted by Gasteiger charge is -2.37. The zero-order valence-corrected chi connectivity index (χ0v) is 16.7. The van der Waals surface area contributed by atoms with Gasteiger partial charge in [-0.05, 0) is 39.8 Å². The van der Waals surface area contributed by atoms with E-state index in [1.54, 1.807) is 44.7 Å². The Morgan fingerprint density at radius 2 is 1.71 bits per heavy atom. The van der Waals surface area contributed by atoms with Crippen LogP contribution < -0.4 is 4.90 Å². The number of carbonyl (C=O) groups excluding carboxylic acids is 2. The average Bonchev–Trinajstić information content (AvgIpc) is 2.93. The number of benzene rings is 1. The van der Waals surface area contributed by atoms with Gasteiger partial charge in [0.1, 0.15) is 22.8 Å². The van der Waals surface area contributed by atoms with Gasteiger partial charge in [0.2, 0.25) is 0 Å². The number of carbonyl (C=O) groups is 2. The maximum atomic E-state index is 12.7. The molecule has 1 aliphatic rings. The molecule has 0 aliphatic carbocycles. The summed E-state index contributed by atoms with van der Waals surface area (Å²) in [6, 6.07) is 7.15. The van der Waals surface area contributed by atoms with Crippen LogP contribution in [0.5, 0.6) is 5.75 Å². The van der Waals surface area contributed by atoms with Crippen molar-refractivity contribution in [3.63, 3.8) is 0 Å². The van der Waals surface area contributed by atoms with E-state index in [9.17, 15) is 14.7 Å². The number of anilines is 1. The highest BCUT2D eigenvalue weighted by molar-refractivity contribution is 5.94. The lowest BCUT2D eigenvalue weighted by atomic mass is 10.1. The molecule has 0 saturated carbocycles. The van der Waals surface area contributed by atoms with Gasteiger partial charge in [0.05, 0.1) is 5.69 Å². The topological polar surface area (TPSA) is 83.2 Å². The Hall–Kier alpha value is -2.96. The summed E-state index contributed by atoms with van der Waals surface area (Å²) < 4.78 is 10.9. The number of aryl methyl sites for hydroxylation is 2. The summed E-state index contributed by atoms with van der Waals surface area (Å²) in [6.07, 6.45) is -0.877. The van der Waals surface area contributed by atoms with Gasteiger partial charge in [-0.25, -0.2) is 4.79 Å². The molecule has 1 atom stereocenters. The predicted molar refractivity (Wildman–Crippen MR) is 105 cm³/mol.